The fourth-order valence-electron chi connectivity index (χ4n) is 3.15. The molecule has 2 aromatic carbocycles. The van der Waals surface area contributed by atoms with Gasteiger partial charge in [-0.05, 0) is 49.6 Å². The van der Waals surface area contributed by atoms with Gasteiger partial charge in [-0.15, -0.1) is 0 Å². The fourth-order valence-corrected chi connectivity index (χ4v) is 3.15. The molecule has 148 valence electrons. The first-order valence-electron chi connectivity index (χ1n) is 9.35. The van der Waals surface area contributed by atoms with Crippen LogP contribution in [0.25, 0.3) is 0 Å². The lowest BCUT2D eigenvalue weighted by Crippen LogP contribution is -2.29. The molecule has 29 heavy (non-hydrogen) atoms. The first-order valence-corrected chi connectivity index (χ1v) is 9.35. The largest absolute Gasteiger partial charge is 0.372 e. The van der Waals surface area contributed by atoms with E-state index in [0.717, 1.165) is 24.5 Å². The number of benzene rings is 2. The summed E-state index contributed by atoms with van der Waals surface area (Å²) >= 11 is 0. The molecule has 0 aliphatic carbocycles. The summed E-state index contributed by atoms with van der Waals surface area (Å²) in [4.78, 5) is 25.1. The molecule has 0 saturated carbocycles. The molecule has 0 aromatic heterocycles. The van der Waals surface area contributed by atoms with E-state index in [9.17, 15) is 20.2 Å². The molecule has 2 aromatic rings. The van der Waals surface area contributed by atoms with Gasteiger partial charge in [0.25, 0.3) is 11.6 Å². The summed E-state index contributed by atoms with van der Waals surface area (Å²) in [5.74, 6) is -0.723. The highest BCUT2D eigenvalue weighted by Gasteiger charge is 2.17. The Morgan fingerprint density at radius 3 is 2.45 bits per heavy atom. The molecule has 1 heterocycles. The molecule has 3 rings (SSSR count). The number of para-hydroxylation sites is 2. The molecule has 0 bridgehead atoms. The summed E-state index contributed by atoms with van der Waals surface area (Å²) < 4.78 is 0. The molecule has 0 atom stereocenters. The number of piperidine rings is 1. The minimum atomic E-state index is -0.723. The zero-order valence-corrected chi connectivity index (χ0v) is 15.8. The maximum atomic E-state index is 12.3. The first kappa shape index (κ1) is 19.9. The van der Waals surface area contributed by atoms with Crippen molar-refractivity contribution in [2.24, 2.45) is 0 Å². The van der Waals surface area contributed by atoms with E-state index < -0.39 is 10.8 Å². The van der Waals surface area contributed by atoms with Crippen molar-refractivity contribution in [1.82, 2.24) is 0 Å². The van der Waals surface area contributed by atoms with Crippen molar-refractivity contribution < 1.29 is 9.72 Å². The molecule has 1 saturated heterocycles. The molecule has 1 fully saturated rings. The maximum absolute atomic E-state index is 12.3. The highest BCUT2D eigenvalue weighted by atomic mass is 16.6. The molecule has 8 nitrogen and oxygen atoms in total. The summed E-state index contributed by atoms with van der Waals surface area (Å²) in [5, 5.41) is 25.7. The third-order valence-corrected chi connectivity index (χ3v) is 4.69. The summed E-state index contributed by atoms with van der Waals surface area (Å²) in [5.41, 5.74) is 1.49. The smallest absolute Gasteiger partial charge is 0.292 e. The van der Waals surface area contributed by atoms with E-state index in [0.29, 0.717) is 0 Å². The lowest BCUT2D eigenvalue weighted by Gasteiger charge is -2.28. The average Bonchev–Trinajstić information content (AvgIpc) is 2.75. The van der Waals surface area contributed by atoms with E-state index in [-0.39, 0.29) is 16.9 Å². The number of nitrogens with zero attached hydrogens (tertiary/aromatic N) is 3. The van der Waals surface area contributed by atoms with E-state index in [1.165, 1.54) is 43.7 Å². The summed E-state index contributed by atoms with van der Waals surface area (Å²) in [6, 6.07) is 15.4. The van der Waals surface area contributed by atoms with Gasteiger partial charge in [-0.2, -0.15) is 5.26 Å². The van der Waals surface area contributed by atoms with Crippen LogP contribution in [0.1, 0.15) is 19.3 Å². The van der Waals surface area contributed by atoms with Gasteiger partial charge in [-0.3, -0.25) is 14.9 Å². The van der Waals surface area contributed by atoms with E-state index in [2.05, 4.69) is 15.5 Å². The van der Waals surface area contributed by atoms with Crippen molar-refractivity contribution >= 4 is 28.7 Å². The fraction of sp³-hybridized carbons (Fsp3) is 0.238. The molecule has 1 amide bonds. The number of nitrogens with one attached hydrogen (secondary N) is 2. The zero-order valence-electron chi connectivity index (χ0n) is 15.8. The number of hydrogen-bond donors (Lipinski definition) is 2. The second-order valence-electron chi connectivity index (χ2n) is 6.64. The topological polar surface area (TPSA) is 111 Å². The quantitative estimate of drug-likeness (QED) is 0.333. The van der Waals surface area contributed by atoms with Crippen LogP contribution in [-0.2, 0) is 4.79 Å². The Bertz CT molecular complexity index is 957. The molecular weight excluding hydrogens is 370 g/mol. The average molecular weight is 391 g/mol. The number of rotatable bonds is 6. The van der Waals surface area contributed by atoms with Crippen molar-refractivity contribution in [2.45, 2.75) is 19.3 Å². The predicted molar refractivity (Wildman–Crippen MR) is 112 cm³/mol. The molecule has 2 N–H and O–H groups in total. The third kappa shape index (κ3) is 5.11. The van der Waals surface area contributed by atoms with Crippen molar-refractivity contribution in [2.75, 3.05) is 28.6 Å². The molecule has 1 aliphatic heterocycles. The minimum Gasteiger partial charge on any atom is -0.372 e. The van der Waals surface area contributed by atoms with Crippen LogP contribution in [0.4, 0.5) is 22.7 Å². The number of amides is 1. The van der Waals surface area contributed by atoms with Gasteiger partial charge in [0, 0.05) is 36.7 Å². The van der Waals surface area contributed by atoms with E-state index in [4.69, 9.17) is 0 Å². The van der Waals surface area contributed by atoms with Crippen molar-refractivity contribution in [3.8, 4) is 6.07 Å². The van der Waals surface area contributed by atoms with Gasteiger partial charge in [0.15, 0.2) is 0 Å². The summed E-state index contributed by atoms with van der Waals surface area (Å²) in [6.45, 7) is 2.11. The number of nitro groups is 1. The lowest BCUT2D eigenvalue weighted by molar-refractivity contribution is -0.383. The van der Waals surface area contributed by atoms with E-state index >= 15 is 0 Å². The second kappa shape index (κ2) is 9.37. The van der Waals surface area contributed by atoms with Crippen LogP contribution in [-0.4, -0.2) is 23.9 Å². The van der Waals surface area contributed by atoms with Gasteiger partial charge in [0.2, 0.25) is 0 Å². The van der Waals surface area contributed by atoms with Crippen LogP contribution in [0.2, 0.25) is 0 Å². The van der Waals surface area contributed by atoms with Crippen LogP contribution < -0.4 is 15.5 Å². The SMILES string of the molecule is N#C/C(=C/Nc1ccc(N2CCCCC2)cc1)C(=O)Nc1ccccc1[N+](=O)[O-]. The van der Waals surface area contributed by atoms with Crippen LogP contribution in [0.3, 0.4) is 0 Å². The van der Waals surface area contributed by atoms with E-state index in [1.54, 1.807) is 6.07 Å². The number of hydrogen-bond acceptors (Lipinski definition) is 6. The van der Waals surface area contributed by atoms with Crippen LogP contribution in [0.15, 0.2) is 60.3 Å². The lowest BCUT2D eigenvalue weighted by atomic mass is 10.1. The standard InChI is InChI=1S/C21H21N5O3/c22-14-16(21(27)24-19-6-2-3-7-20(19)26(28)29)15-23-17-8-10-18(11-9-17)25-12-4-1-5-13-25/h2-3,6-11,15,23H,1,4-5,12-13H2,(H,24,27)/b16-15-. The number of nitriles is 1. The van der Waals surface area contributed by atoms with Crippen molar-refractivity contribution in [3.63, 3.8) is 0 Å². The summed E-state index contributed by atoms with van der Waals surface area (Å²) in [6.07, 6.45) is 4.96. The Labute approximate surface area is 168 Å². The van der Waals surface area contributed by atoms with Crippen LogP contribution in [0.5, 0.6) is 0 Å². The monoisotopic (exact) mass is 391 g/mol. The van der Waals surface area contributed by atoms with Crippen LogP contribution in [0, 0.1) is 21.4 Å². The van der Waals surface area contributed by atoms with Crippen molar-refractivity contribution in [3.05, 3.63) is 70.4 Å². The molecule has 0 spiro atoms. The highest BCUT2D eigenvalue weighted by molar-refractivity contribution is 6.07. The first-order chi connectivity index (χ1) is 14.1. The van der Waals surface area contributed by atoms with Gasteiger partial charge in [0.1, 0.15) is 17.3 Å². The maximum Gasteiger partial charge on any atom is 0.292 e. The zero-order chi connectivity index (χ0) is 20.6. The van der Waals surface area contributed by atoms with E-state index in [1.807, 2.05) is 30.3 Å². The Balaban J connectivity index is 1.66. The minimum absolute atomic E-state index is 0.0366. The van der Waals surface area contributed by atoms with Gasteiger partial charge in [-0.1, -0.05) is 12.1 Å². The van der Waals surface area contributed by atoms with Crippen molar-refractivity contribution in [1.29, 1.82) is 5.26 Å². The van der Waals surface area contributed by atoms with Gasteiger partial charge < -0.3 is 15.5 Å². The third-order valence-electron chi connectivity index (χ3n) is 4.69. The van der Waals surface area contributed by atoms with Gasteiger partial charge in [-0.25, -0.2) is 0 Å². The molecule has 0 radical (unpaired) electrons. The number of carbonyl (C=O) groups excluding carboxylic acids is 1. The van der Waals surface area contributed by atoms with Crippen LogP contribution >= 0.6 is 0 Å². The van der Waals surface area contributed by atoms with Gasteiger partial charge >= 0.3 is 0 Å². The Morgan fingerprint density at radius 2 is 1.79 bits per heavy atom. The number of carbonyl (C=O) groups is 1. The van der Waals surface area contributed by atoms with Gasteiger partial charge in [0.05, 0.1) is 4.92 Å². The molecular formula is C21H21N5O3. The second-order valence-corrected chi connectivity index (χ2v) is 6.64. The molecule has 8 heteroatoms. The predicted octanol–water partition coefficient (Wildman–Crippen LogP) is 4.04. The number of nitro benzene ring substituents is 1. The molecule has 1 aliphatic rings. The molecule has 0 unspecified atom stereocenters. The summed E-state index contributed by atoms with van der Waals surface area (Å²) in [7, 11) is 0. The number of anilines is 3. The Kier molecular flexibility index (Phi) is 6.43. The Hall–Kier alpha value is -3.86. The highest BCUT2D eigenvalue weighted by Crippen LogP contribution is 2.24. The normalized spacial score (nSPS) is 14.0. The Morgan fingerprint density at radius 1 is 1.10 bits per heavy atom.